The Morgan fingerprint density at radius 3 is 1.22 bits per heavy atom. The fourth-order valence-electron chi connectivity index (χ4n) is 5.33. The first-order valence-electron chi connectivity index (χ1n) is 17.0. The predicted molar refractivity (Wildman–Crippen MR) is 233 cm³/mol. The number of rotatable bonds is 13. The first-order chi connectivity index (χ1) is 30.2. The summed E-state index contributed by atoms with van der Waals surface area (Å²) >= 11 is 23.2. The van der Waals surface area contributed by atoms with Crippen LogP contribution in [0.5, 0.6) is 5.75 Å². The largest absolute Gasteiger partial charge is 0.505 e. The van der Waals surface area contributed by atoms with Crippen LogP contribution in [0.2, 0.25) is 21.1 Å². The van der Waals surface area contributed by atoms with Crippen molar-refractivity contribution < 1.29 is 57.0 Å². The SMILES string of the molecule is CC.CNc1c(N=Nc2cc(Nc3nc(Cl)nc(Cl)n3)ccc2S(=O)(=O)O)c(S(=O)(=O)O)cc2cc(S(=O)(=O)O)c(N=Nc3cc(Nc4nc(Cl)nc(Cl)n4)ccc3S(=O)(=O)O)c(O)c12. The Bertz CT molecular complexity index is 3380. The molecule has 2 aromatic heterocycles. The van der Waals surface area contributed by atoms with Crippen molar-refractivity contribution >= 4 is 149 Å². The average Bonchev–Trinajstić information content (AvgIpc) is 3.17. The van der Waals surface area contributed by atoms with Gasteiger partial charge in [0.1, 0.15) is 42.3 Å². The Kier molecular flexibility index (Phi) is 15.1. The highest BCUT2D eigenvalue weighted by Crippen LogP contribution is 2.50. The molecule has 0 bridgehead atoms. The van der Waals surface area contributed by atoms with E-state index in [-0.39, 0.29) is 44.4 Å². The van der Waals surface area contributed by atoms with E-state index in [1.54, 1.807) is 0 Å². The molecule has 0 radical (unpaired) electrons. The summed E-state index contributed by atoms with van der Waals surface area (Å²) in [5.41, 5.74) is -4.11. The number of nitrogens with one attached hydrogen (secondary N) is 3. The molecule has 0 saturated heterocycles. The number of aromatic hydroxyl groups is 1. The molecular weight excluding hydrogens is 1030 g/mol. The summed E-state index contributed by atoms with van der Waals surface area (Å²) in [6.07, 6.45) is 0. The van der Waals surface area contributed by atoms with Crippen LogP contribution >= 0.6 is 46.4 Å². The summed E-state index contributed by atoms with van der Waals surface area (Å²) in [6, 6.07) is 6.92. The number of hydrogen-bond donors (Lipinski definition) is 8. The minimum Gasteiger partial charge on any atom is -0.505 e. The molecule has 344 valence electrons. The third-order valence-electron chi connectivity index (χ3n) is 7.75. The normalized spacial score (nSPS) is 12.4. The Morgan fingerprint density at radius 1 is 0.508 bits per heavy atom. The second-order valence-electron chi connectivity index (χ2n) is 11.8. The van der Waals surface area contributed by atoms with Gasteiger partial charge in [-0.25, -0.2) is 0 Å². The summed E-state index contributed by atoms with van der Waals surface area (Å²) in [5, 5.41) is 31.9. The van der Waals surface area contributed by atoms with Crippen molar-refractivity contribution in [1.29, 1.82) is 0 Å². The van der Waals surface area contributed by atoms with Gasteiger partial charge in [0.05, 0.1) is 11.1 Å². The van der Waals surface area contributed by atoms with E-state index in [4.69, 9.17) is 46.4 Å². The first kappa shape index (κ1) is 50.4. The maximum atomic E-state index is 12.8. The zero-order valence-corrected chi connectivity index (χ0v) is 38.5. The Labute approximate surface area is 386 Å². The maximum absolute atomic E-state index is 12.8. The van der Waals surface area contributed by atoms with Crippen LogP contribution in [0.1, 0.15) is 13.8 Å². The molecule has 34 heteroatoms. The van der Waals surface area contributed by atoms with E-state index in [9.17, 15) is 57.0 Å². The minimum absolute atomic E-state index is 0.0413. The van der Waals surface area contributed by atoms with Gasteiger partial charge in [-0.1, -0.05) is 13.8 Å². The molecule has 0 aliphatic heterocycles. The average molecular weight is 1060 g/mol. The summed E-state index contributed by atoms with van der Waals surface area (Å²) in [5.74, 6) is -1.72. The van der Waals surface area contributed by atoms with E-state index in [1.165, 1.54) is 0 Å². The van der Waals surface area contributed by atoms with Gasteiger partial charge in [0.25, 0.3) is 40.5 Å². The van der Waals surface area contributed by atoms with Crippen LogP contribution in [0.15, 0.2) is 88.6 Å². The molecule has 0 fully saturated rings. The zero-order valence-electron chi connectivity index (χ0n) is 32.2. The van der Waals surface area contributed by atoms with Crippen LogP contribution in [0.4, 0.5) is 51.7 Å². The van der Waals surface area contributed by atoms with Crippen molar-refractivity contribution in [2.45, 2.75) is 33.4 Å². The quantitative estimate of drug-likeness (QED) is 0.0402. The molecule has 0 spiro atoms. The minimum atomic E-state index is -5.45. The van der Waals surface area contributed by atoms with Crippen molar-refractivity contribution in [2.24, 2.45) is 20.5 Å². The molecule has 0 aliphatic rings. The third kappa shape index (κ3) is 12.0. The molecule has 0 amide bonds. The second-order valence-corrected chi connectivity index (χ2v) is 18.7. The number of nitrogens with zero attached hydrogens (tertiary/aromatic N) is 10. The number of phenols is 1. The molecular formula is C31H25Cl4N13O13S4. The highest BCUT2D eigenvalue weighted by Gasteiger charge is 2.29. The van der Waals surface area contributed by atoms with Crippen LogP contribution in [0.25, 0.3) is 10.8 Å². The predicted octanol–water partition coefficient (Wildman–Crippen LogP) is 7.90. The fraction of sp³-hybridized carbons (Fsp3) is 0.0968. The molecule has 8 N–H and O–H groups in total. The van der Waals surface area contributed by atoms with E-state index in [2.05, 4.69) is 66.3 Å². The summed E-state index contributed by atoms with van der Waals surface area (Å²) < 4.78 is 141. The first-order valence-corrected chi connectivity index (χ1v) is 24.2. The highest BCUT2D eigenvalue weighted by atomic mass is 35.5. The lowest BCUT2D eigenvalue weighted by Crippen LogP contribution is -2.04. The number of anilines is 5. The fourth-order valence-corrected chi connectivity index (χ4v) is 8.58. The van der Waals surface area contributed by atoms with E-state index < -0.39 is 105 Å². The smallest absolute Gasteiger partial charge is 0.296 e. The molecule has 0 unspecified atom stereocenters. The van der Waals surface area contributed by atoms with Gasteiger partial charge in [0.2, 0.25) is 33.0 Å². The van der Waals surface area contributed by atoms with E-state index in [0.717, 1.165) is 43.4 Å². The zero-order chi connectivity index (χ0) is 48.4. The number of fused-ring (bicyclic) bond motifs is 1. The number of azo groups is 2. The van der Waals surface area contributed by atoms with Gasteiger partial charge in [0.15, 0.2) is 5.75 Å². The number of phenolic OH excluding ortho intramolecular Hbond substituents is 1. The second kappa shape index (κ2) is 19.4. The van der Waals surface area contributed by atoms with E-state index in [1.807, 2.05) is 13.8 Å². The Hall–Kier alpha value is -5.64. The molecule has 65 heavy (non-hydrogen) atoms. The van der Waals surface area contributed by atoms with Gasteiger partial charge < -0.3 is 21.1 Å². The Morgan fingerprint density at radius 2 is 0.862 bits per heavy atom. The lowest BCUT2D eigenvalue weighted by Gasteiger charge is -2.16. The van der Waals surface area contributed by atoms with Crippen molar-refractivity contribution in [1.82, 2.24) is 29.9 Å². The van der Waals surface area contributed by atoms with Crippen molar-refractivity contribution in [3.05, 3.63) is 69.7 Å². The molecule has 2 heterocycles. The topological polar surface area (TPSA) is 401 Å². The molecule has 4 aromatic carbocycles. The highest BCUT2D eigenvalue weighted by molar-refractivity contribution is 7.86. The maximum Gasteiger partial charge on any atom is 0.296 e. The van der Waals surface area contributed by atoms with E-state index in [0.29, 0.717) is 12.1 Å². The summed E-state index contributed by atoms with van der Waals surface area (Å²) in [7, 11) is -19.9. The van der Waals surface area contributed by atoms with Crippen LogP contribution in [0.3, 0.4) is 0 Å². The van der Waals surface area contributed by atoms with Crippen LogP contribution in [0, 0.1) is 0 Å². The Balaban J connectivity index is 0.00000391. The van der Waals surface area contributed by atoms with Crippen molar-refractivity contribution in [2.75, 3.05) is 23.0 Å². The molecule has 6 rings (SSSR count). The number of benzene rings is 4. The molecule has 0 saturated carbocycles. The molecule has 26 nitrogen and oxygen atoms in total. The number of aromatic nitrogens is 6. The van der Waals surface area contributed by atoms with Gasteiger partial charge in [-0.2, -0.15) is 63.6 Å². The van der Waals surface area contributed by atoms with Gasteiger partial charge in [0, 0.05) is 18.4 Å². The lowest BCUT2D eigenvalue weighted by atomic mass is 10.0. The third-order valence-corrected chi connectivity index (χ3v) is 12.0. The van der Waals surface area contributed by atoms with Gasteiger partial charge in [-0.15, -0.1) is 20.5 Å². The summed E-state index contributed by atoms with van der Waals surface area (Å²) in [6.45, 7) is 4.00. The van der Waals surface area contributed by atoms with Crippen molar-refractivity contribution in [3.8, 4) is 5.75 Å². The van der Waals surface area contributed by atoms with Crippen LogP contribution < -0.4 is 16.0 Å². The summed E-state index contributed by atoms with van der Waals surface area (Å²) in [4.78, 5) is 18.1. The van der Waals surface area contributed by atoms with Gasteiger partial charge >= 0.3 is 0 Å². The van der Waals surface area contributed by atoms with E-state index >= 15 is 0 Å². The molecule has 0 aliphatic carbocycles. The molecule has 6 aromatic rings. The lowest BCUT2D eigenvalue weighted by molar-refractivity contribution is 0.472. The van der Waals surface area contributed by atoms with Gasteiger partial charge in [-0.05, 0) is 100 Å². The van der Waals surface area contributed by atoms with Gasteiger partial charge in [-0.3, -0.25) is 18.2 Å². The van der Waals surface area contributed by atoms with Crippen LogP contribution in [-0.4, -0.2) is 93.9 Å². The van der Waals surface area contributed by atoms with Crippen LogP contribution in [-0.2, 0) is 40.5 Å². The standard InChI is InChI=1S/C29H19Cl4N13O13S4.C2H6/c1-34-22-19-10(6-17(62(54,55)56)20(22)45-43-13-8-11(2-4-15(13)60(48,49)50)35-28-39-24(30)37-25(31)40-28)7-18(63(57,58)59)21(23(19)47)46-44-14-9-12(3-5-16(14)61(51,52)53)36-29-41-26(32)38-27(33)42-29;1-2/h2-9,34,47H,1H3,(H,48,49,50)(H,51,52,53)(H,54,55,56)(H,57,58,59)(H,35,37,39,40)(H,36,38,41,42);1-2H3. The number of halogens is 4. The molecule has 0 atom stereocenters. The number of hydrogen-bond acceptors (Lipinski definition) is 22. The van der Waals surface area contributed by atoms with Crippen molar-refractivity contribution in [3.63, 3.8) is 0 Å². The monoisotopic (exact) mass is 1050 g/mol.